The van der Waals surface area contributed by atoms with E-state index in [-0.39, 0.29) is 5.56 Å². The van der Waals surface area contributed by atoms with E-state index in [0.29, 0.717) is 29.7 Å². The molecular formula is C18H24N2O3S. The van der Waals surface area contributed by atoms with Crippen molar-refractivity contribution < 1.29 is 9.47 Å². The van der Waals surface area contributed by atoms with Crippen LogP contribution >= 0.6 is 11.8 Å². The molecule has 0 fully saturated rings. The molecule has 5 nitrogen and oxygen atoms in total. The summed E-state index contributed by atoms with van der Waals surface area (Å²) in [5.74, 6) is 1.39. The molecule has 6 heteroatoms. The Labute approximate surface area is 146 Å². The normalized spacial score (nSPS) is 10.7. The van der Waals surface area contributed by atoms with Crippen LogP contribution in [0.3, 0.4) is 0 Å². The summed E-state index contributed by atoms with van der Waals surface area (Å²) in [5.41, 5.74) is 2.53. The van der Waals surface area contributed by atoms with E-state index in [1.54, 1.807) is 7.11 Å². The van der Waals surface area contributed by atoms with E-state index < -0.39 is 0 Å². The predicted octanol–water partition coefficient (Wildman–Crippen LogP) is 3.44. The van der Waals surface area contributed by atoms with E-state index >= 15 is 0 Å². The smallest absolute Gasteiger partial charge is 0.255 e. The number of nitrogens with one attached hydrogen (secondary N) is 1. The Morgan fingerprint density at radius 1 is 1.25 bits per heavy atom. The summed E-state index contributed by atoms with van der Waals surface area (Å²) in [5, 5.41) is 0.663. The average molecular weight is 348 g/mol. The highest BCUT2D eigenvalue weighted by Gasteiger charge is 2.13. The van der Waals surface area contributed by atoms with Gasteiger partial charge in [-0.3, -0.25) is 4.79 Å². The van der Waals surface area contributed by atoms with E-state index in [4.69, 9.17) is 9.47 Å². The zero-order chi connectivity index (χ0) is 17.5. The molecule has 0 saturated carbocycles. The molecule has 24 heavy (non-hydrogen) atoms. The number of benzene rings is 1. The van der Waals surface area contributed by atoms with Gasteiger partial charge in [-0.05, 0) is 37.3 Å². The van der Waals surface area contributed by atoms with Gasteiger partial charge < -0.3 is 14.5 Å². The maximum absolute atomic E-state index is 12.5. The number of H-pyrrole nitrogens is 1. The number of thioether (sulfide) groups is 1. The second-order valence-corrected chi connectivity index (χ2v) is 6.14. The Bertz CT molecular complexity index is 744. The third kappa shape index (κ3) is 4.32. The van der Waals surface area contributed by atoms with Crippen molar-refractivity contribution in [2.75, 3.05) is 20.0 Å². The van der Waals surface area contributed by atoms with Gasteiger partial charge >= 0.3 is 0 Å². The maximum atomic E-state index is 12.5. The van der Waals surface area contributed by atoms with E-state index in [0.717, 1.165) is 29.7 Å². The first kappa shape index (κ1) is 18.4. The highest BCUT2D eigenvalue weighted by Crippen LogP contribution is 2.29. The van der Waals surface area contributed by atoms with Crippen LogP contribution in [0.15, 0.2) is 28.2 Å². The highest BCUT2D eigenvalue weighted by atomic mass is 32.2. The number of ether oxygens (including phenoxy) is 2. The van der Waals surface area contributed by atoms with Crippen LogP contribution in [0.25, 0.3) is 0 Å². The lowest BCUT2D eigenvalue weighted by Crippen LogP contribution is -2.19. The average Bonchev–Trinajstić information content (AvgIpc) is 2.59. The Hall–Kier alpha value is -1.95. The minimum atomic E-state index is -0.0642. The molecular weight excluding hydrogens is 324 g/mol. The van der Waals surface area contributed by atoms with Crippen LogP contribution in [0.4, 0.5) is 0 Å². The van der Waals surface area contributed by atoms with Gasteiger partial charge in [0.25, 0.3) is 5.56 Å². The van der Waals surface area contributed by atoms with Crippen molar-refractivity contribution in [1.29, 1.82) is 0 Å². The molecule has 0 radical (unpaired) electrons. The largest absolute Gasteiger partial charge is 0.493 e. The molecule has 130 valence electrons. The van der Waals surface area contributed by atoms with Gasteiger partial charge in [-0.2, -0.15) is 0 Å². The molecule has 0 aliphatic rings. The number of aromatic amines is 1. The molecule has 0 aliphatic carbocycles. The van der Waals surface area contributed by atoms with Gasteiger partial charge in [0, 0.05) is 12.0 Å². The van der Waals surface area contributed by atoms with Crippen LogP contribution in [-0.4, -0.2) is 29.9 Å². The predicted molar refractivity (Wildman–Crippen MR) is 97.6 cm³/mol. The van der Waals surface area contributed by atoms with Gasteiger partial charge in [0.2, 0.25) is 0 Å². The third-order valence-electron chi connectivity index (χ3n) is 3.67. The first-order valence-corrected chi connectivity index (χ1v) is 9.31. The van der Waals surface area contributed by atoms with Crippen LogP contribution < -0.4 is 15.0 Å². The molecule has 0 bridgehead atoms. The molecule has 2 rings (SSSR count). The van der Waals surface area contributed by atoms with Gasteiger partial charge in [-0.1, -0.05) is 31.2 Å². The van der Waals surface area contributed by atoms with Crippen LogP contribution in [0, 0.1) is 0 Å². The van der Waals surface area contributed by atoms with E-state index in [2.05, 4.69) is 16.9 Å². The zero-order valence-corrected chi connectivity index (χ0v) is 15.5. The third-order valence-corrected chi connectivity index (χ3v) is 4.25. The van der Waals surface area contributed by atoms with Gasteiger partial charge in [-0.25, -0.2) is 4.98 Å². The van der Waals surface area contributed by atoms with Gasteiger partial charge in [-0.15, -0.1) is 0 Å². The Kier molecular flexibility index (Phi) is 6.73. The minimum Gasteiger partial charge on any atom is -0.493 e. The lowest BCUT2D eigenvalue weighted by Gasteiger charge is -2.12. The molecule has 1 aromatic heterocycles. The molecule has 1 heterocycles. The number of nitrogens with zero attached hydrogens (tertiary/aromatic N) is 1. The van der Waals surface area contributed by atoms with Crippen molar-refractivity contribution in [1.82, 2.24) is 9.97 Å². The maximum Gasteiger partial charge on any atom is 0.255 e. The number of aryl methyl sites for hydroxylation is 1. The summed E-state index contributed by atoms with van der Waals surface area (Å²) < 4.78 is 10.9. The van der Waals surface area contributed by atoms with Gasteiger partial charge in [0.15, 0.2) is 16.7 Å². The van der Waals surface area contributed by atoms with Crippen LogP contribution in [0.2, 0.25) is 0 Å². The van der Waals surface area contributed by atoms with Crippen molar-refractivity contribution in [2.45, 2.75) is 38.3 Å². The quantitative estimate of drug-likeness (QED) is 0.585. The zero-order valence-electron chi connectivity index (χ0n) is 14.6. The fraction of sp³-hybridized carbons (Fsp3) is 0.444. The van der Waals surface area contributed by atoms with Gasteiger partial charge in [0.05, 0.1) is 19.4 Å². The number of aromatic nitrogens is 2. The SMILES string of the molecule is CCCc1nc(SC)[nH]c(=O)c1Cc1ccc(OCC)c(OC)c1. The molecule has 1 N–H and O–H groups in total. The van der Waals surface area contributed by atoms with Crippen molar-refractivity contribution in [3.63, 3.8) is 0 Å². The van der Waals surface area contributed by atoms with Crippen LogP contribution in [0.5, 0.6) is 11.5 Å². The standard InChI is InChI=1S/C18H24N2O3S/c1-5-7-14-13(17(21)20-18(19-14)24-4)10-12-8-9-15(23-6-2)16(11-12)22-3/h8-9,11H,5-7,10H2,1-4H3,(H,19,20,21). The van der Waals surface area contributed by atoms with Crippen molar-refractivity contribution in [3.05, 3.63) is 45.4 Å². The van der Waals surface area contributed by atoms with Crippen molar-refractivity contribution >= 4 is 11.8 Å². The summed E-state index contributed by atoms with van der Waals surface area (Å²) in [6.45, 7) is 4.60. The summed E-state index contributed by atoms with van der Waals surface area (Å²) in [7, 11) is 1.62. The lowest BCUT2D eigenvalue weighted by molar-refractivity contribution is 0.310. The molecule has 0 saturated heterocycles. The Morgan fingerprint density at radius 2 is 2.04 bits per heavy atom. The molecule has 0 aliphatic heterocycles. The monoisotopic (exact) mass is 348 g/mol. The number of methoxy groups -OCH3 is 1. The summed E-state index contributed by atoms with van der Waals surface area (Å²) in [4.78, 5) is 19.9. The summed E-state index contributed by atoms with van der Waals surface area (Å²) >= 11 is 1.45. The number of rotatable bonds is 8. The van der Waals surface area contributed by atoms with Crippen molar-refractivity contribution in [2.24, 2.45) is 0 Å². The van der Waals surface area contributed by atoms with E-state index in [9.17, 15) is 4.79 Å². The fourth-order valence-corrected chi connectivity index (χ4v) is 2.94. The topological polar surface area (TPSA) is 64.2 Å². The number of hydrogen-bond acceptors (Lipinski definition) is 5. The second-order valence-electron chi connectivity index (χ2n) is 5.35. The molecule has 1 aromatic carbocycles. The fourth-order valence-electron chi connectivity index (χ4n) is 2.55. The first-order chi connectivity index (χ1) is 11.6. The highest BCUT2D eigenvalue weighted by molar-refractivity contribution is 7.98. The number of hydrogen-bond donors (Lipinski definition) is 1. The minimum absolute atomic E-state index is 0.0642. The Morgan fingerprint density at radius 3 is 2.67 bits per heavy atom. The van der Waals surface area contributed by atoms with E-state index in [1.807, 2.05) is 31.4 Å². The first-order valence-electron chi connectivity index (χ1n) is 8.08. The second kappa shape index (κ2) is 8.78. The molecule has 0 amide bonds. The lowest BCUT2D eigenvalue weighted by atomic mass is 10.0. The molecule has 0 atom stereocenters. The van der Waals surface area contributed by atoms with Gasteiger partial charge in [0.1, 0.15) is 0 Å². The van der Waals surface area contributed by atoms with Crippen LogP contribution in [-0.2, 0) is 12.8 Å². The van der Waals surface area contributed by atoms with E-state index in [1.165, 1.54) is 11.8 Å². The molecule has 0 spiro atoms. The van der Waals surface area contributed by atoms with Crippen LogP contribution in [0.1, 0.15) is 37.1 Å². The molecule has 2 aromatic rings. The molecule has 0 unspecified atom stereocenters. The van der Waals surface area contributed by atoms with Crippen molar-refractivity contribution in [3.8, 4) is 11.5 Å². The Balaban J connectivity index is 2.38. The summed E-state index contributed by atoms with van der Waals surface area (Å²) in [6, 6.07) is 5.77. The summed E-state index contributed by atoms with van der Waals surface area (Å²) in [6.07, 6.45) is 4.17.